The van der Waals surface area contributed by atoms with E-state index in [4.69, 9.17) is 5.11 Å². The van der Waals surface area contributed by atoms with E-state index in [1.807, 2.05) is 4.90 Å². The molecular weight excluding hydrogens is 270 g/mol. The Morgan fingerprint density at radius 1 is 1.14 bits per heavy atom. The van der Waals surface area contributed by atoms with Gasteiger partial charge in [0.1, 0.15) is 0 Å². The molecule has 0 bridgehead atoms. The zero-order valence-electron chi connectivity index (χ0n) is 12.0. The van der Waals surface area contributed by atoms with Gasteiger partial charge in [-0.25, -0.2) is 4.79 Å². The van der Waals surface area contributed by atoms with Crippen molar-refractivity contribution in [1.29, 1.82) is 0 Å². The first-order chi connectivity index (χ1) is 10.2. The Labute approximate surface area is 124 Å². The number of carbonyl (C=O) groups excluding carboxylic acids is 2. The van der Waals surface area contributed by atoms with E-state index in [-0.39, 0.29) is 18.5 Å². The fourth-order valence-corrected chi connectivity index (χ4v) is 2.26. The number of aliphatic hydroxyl groups is 1. The van der Waals surface area contributed by atoms with Crippen molar-refractivity contribution in [1.82, 2.24) is 10.2 Å². The number of hydrogen-bond donors (Lipinski definition) is 3. The number of carbonyl (C=O) groups is 2. The number of likely N-dealkylation sites (tertiary alicyclic amines) is 1. The van der Waals surface area contributed by atoms with E-state index in [9.17, 15) is 9.59 Å². The fourth-order valence-electron chi connectivity index (χ4n) is 2.26. The van der Waals surface area contributed by atoms with Crippen LogP contribution in [0, 0.1) is 0 Å². The van der Waals surface area contributed by atoms with Crippen LogP contribution >= 0.6 is 0 Å². The van der Waals surface area contributed by atoms with Crippen molar-refractivity contribution in [3.63, 3.8) is 0 Å². The molecule has 0 aromatic heterocycles. The maximum Gasteiger partial charge on any atom is 0.319 e. The molecule has 6 nitrogen and oxygen atoms in total. The van der Waals surface area contributed by atoms with Crippen LogP contribution in [-0.2, 0) is 0 Å². The lowest BCUT2D eigenvalue weighted by Crippen LogP contribution is -2.30. The van der Waals surface area contributed by atoms with Gasteiger partial charge in [0.2, 0.25) is 0 Å². The van der Waals surface area contributed by atoms with Crippen molar-refractivity contribution >= 4 is 17.6 Å². The summed E-state index contributed by atoms with van der Waals surface area (Å²) >= 11 is 0. The molecule has 3 N–H and O–H groups in total. The van der Waals surface area contributed by atoms with Gasteiger partial charge in [-0.3, -0.25) is 4.79 Å². The quantitative estimate of drug-likeness (QED) is 0.718. The molecule has 0 saturated carbocycles. The lowest BCUT2D eigenvalue weighted by Gasteiger charge is -2.15. The van der Waals surface area contributed by atoms with Gasteiger partial charge in [-0.15, -0.1) is 0 Å². The number of amides is 3. The Morgan fingerprint density at radius 3 is 2.43 bits per heavy atom. The molecule has 21 heavy (non-hydrogen) atoms. The second-order valence-corrected chi connectivity index (χ2v) is 5.03. The molecule has 0 unspecified atom stereocenters. The highest BCUT2D eigenvalue weighted by atomic mass is 16.3. The molecule has 0 atom stereocenters. The SMILES string of the molecule is O=C(NCCCO)Nc1ccc(C(=O)N2CCCC2)cc1. The summed E-state index contributed by atoms with van der Waals surface area (Å²) < 4.78 is 0. The first kappa shape index (κ1) is 15.3. The topological polar surface area (TPSA) is 81.7 Å². The van der Waals surface area contributed by atoms with Gasteiger partial charge in [0.05, 0.1) is 0 Å². The molecule has 1 aromatic rings. The summed E-state index contributed by atoms with van der Waals surface area (Å²) in [5.74, 6) is 0.0476. The number of urea groups is 1. The van der Waals surface area contributed by atoms with Gasteiger partial charge in [0.15, 0.2) is 0 Å². The van der Waals surface area contributed by atoms with Gasteiger partial charge in [0.25, 0.3) is 5.91 Å². The Bertz CT molecular complexity index is 481. The Kier molecular flexibility index (Phi) is 5.57. The predicted octanol–water partition coefficient (Wildman–Crippen LogP) is 1.43. The van der Waals surface area contributed by atoms with Crippen LogP contribution in [0.3, 0.4) is 0 Å². The van der Waals surface area contributed by atoms with Gasteiger partial charge >= 0.3 is 6.03 Å². The number of hydrogen-bond acceptors (Lipinski definition) is 3. The highest BCUT2D eigenvalue weighted by Gasteiger charge is 2.19. The highest BCUT2D eigenvalue weighted by Crippen LogP contribution is 2.15. The van der Waals surface area contributed by atoms with Crippen LogP contribution < -0.4 is 10.6 Å². The minimum Gasteiger partial charge on any atom is -0.396 e. The summed E-state index contributed by atoms with van der Waals surface area (Å²) in [4.78, 5) is 25.5. The largest absolute Gasteiger partial charge is 0.396 e. The minimum absolute atomic E-state index is 0.0476. The number of nitrogens with zero attached hydrogens (tertiary/aromatic N) is 1. The van der Waals surface area contributed by atoms with Gasteiger partial charge in [-0.05, 0) is 43.5 Å². The Balaban J connectivity index is 1.86. The Hall–Kier alpha value is -2.08. The Morgan fingerprint density at radius 2 is 1.81 bits per heavy atom. The molecule has 1 aliphatic heterocycles. The number of rotatable bonds is 5. The molecule has 0 aliphatic carbocycles. The van der Waals surface area contributed by atoms with Crippen molar-refractivity contribution in [2.45, 2.75) is 19.3 Å². The summed E-state index contributed by atoms with van der Waals surface area (Å²) in [5.41, 5.74) is 1.28. The van der Waals surface area contributed by atoms with Gasteiger partial charge < -0.3 is 20.6 Å². The van der Waals surface area contributed by atoms with E-state index >= 15 is 0 Å². The summed E-state index contributed by atoms with van der Waals surface area (Å²) in [6, 6.07) is 6.57. The number of anilines is 1. The van der Waals surface area contributed by atoms with E-state index in [0.29, 0.717) is 24.2 Å². The van der Waals surface area contributed by atoms with Crippen molar-refractivity contribution in [3.05, 3.63) is 29.8 Å². The van der Waals surface area contributed by atoms with Crippen LogP contribution in [0.1, 0.15) is 29.6 Å². The van der Waals surface area contributed by atoms with Crippen LogP contribution in [0.25, 0.3) is 0 Å². The standard InChI is InChI=1S/C15H21N3O3/c19-11-3-8-16-15(21)17-13-6-4-12(5-7-13)14(20)18-9-1-2-10-18/h4-7,19H,1-3,8-11H2,(H2,16,17,21). The molecule has 1 aliphatic rings. The molecule has 0 spiro atoms. The molecular formula is C15H21N3O3. The average molecular weight is 291 g/mol. The van der Waals surface area contributed by atoms with Gasteiger partial charge in [-0.2, -0.15) is 0 Å². The normalized spacial score (nSPS) is 14.0. The minimum atomic E-state index is -0.318. The number of nitrogens with one attached hydrogen (secondary N) is 2. The summed E-state index contributed by atoms with van der Waals surface area (Å²) in [6.07, 6.45) is 2.66. The van der Waals surface area contributed by atoms with Crippen LogP contribution in [0.15, 0.2) is 24.3 Å². The van der Waals surface area contributed by atoms with E-state index in [1.165, 1.54) is 0 Å². The van der Waals surface area contributed by atoms with E-state index in [2.05, 4.69) is 10.6 Å². The monoisotopic (exact) mass is 291 g/mol. The maximum atomic E-state index is 12.2. The van der Waals surface area contributed by atoms with Crippen molar-refractivity contribution < 1.29 is 14.7 Å². The first-order valence-corrected chi connectivity index (χ1v) is 7.26. The maximum absolute atomic E-state index is 12.2. The van der Waals surface area contributed by atoms with E-state index in [1.54, 1.807) is 24.3 Å². The first-order valence-electron chi connectivity index (χ1n) is 7.26. The van der Waals surface area contributed by atoms with Gasteiger partial charge in [0, 0.05) is 37.5 Å². The number of aliphatic hydroxyl groups excluding tert-OH is 1. The molecule has 0 radical (unpaired) electrons. The summed E-state index contributed by atoms with van der Waals surface area (Å²) in [6.45, 7) is 2.12. The smallest absolute Gasteiger partial charge is 0.319 e. The fraction of sp³-hybridized carbons (Fsp3) is 0.467. The highest BCUT2D eigenvalue weighted by molar-refractivity contribution is 5.95. The van der Waals surface area contributed by atoms with Crippen molar-refractivity contribution in [2.75, 3.05) is 31.6 Å². The van der Waals surface area contributed by atoms with Gasteiger partial charge in [-0.1, -0.05) is 0 Å². The molecule has 1 fully saturated rings. The van der Waals surface area contributed by atoms with Crippen molar-refractivity contribution in [3.8, 4) is 0 Å². The molecule has 2 rings (SSSR count). The van der Waals surface area contributed by atoms with Crippen LogP contribution in [0.2, 0.25) is 0 Å². The molecule has 1 aromatic carbocycles. The zero-order valence-corrected chi connectivity index (χ0v) is 12.0. The second kappa shape index (κ2) is 7.64. The molecule has 1 saturated heterocycles. The lowest BCUT2D eigenvalue weighted by molar-refractivity contribution is 0.0793. The predicted molar refractivity (Wildman–Crippen MR) is 80.3 cm³/mol. The van der Waals surface area contributed by atoms with Crippen LogP contribution in [0.4, 0.5) is 10.5 Å². The summed E-state index contributed by atoms with van der Waals surface area (Å²) in [5, 5.41) is 13.9. The van der Waals surface area contributed by atoms with Crippen LogP contribution in [-0.4, -0.2) is 48.2 Å². The zero-order chi connectivity index (χ0) is 15.1. The van der Waals surface area contributed by atoms with E-state index < -0.39 is 0 Å². The lowest BCUT2D eigenvalue weighted by atomic mass is 10.2. The van der Waals surface area contributed by atoms with Crippen LogP contribution in [0.5, 0.6) is 0 Å². The average Bonchev–Trinajstić information content (AvgIpc) is 3.02. The van der Waals surface area contributed by atoms with Crippen molar-refractivity contribution in [2.24, 2.45) is 0 Å². The van der Waals surface area contributed by atoms with E-state index in [0.717, 1.165) is 25.9 Å². The molecule has 6 heteroatoms. The third-order valence-corrected chi connectivity index (χ3v) is 3.40. The third kappa shape index (κ3) is 4.46. The third-order valence-electron chi connectivity index (χ3n) is 3.40. The summed E-state index contributed by atoms with van der Waals surface area (Å²) in [7, 11) is 0. The molecule has 1 heterocycles. The number of benzene rings is 1. The second-order valence-electron chi connectivity index (χ2n) is 5.03. The molecule has 114 valence electrons. The molecule has 3 amide bonds.